The smallest absolute Gasteiger partial charge is 0.338 e. The van der Waals surface area contributed by atoms with Gasteiger partial charge in [0, 0.05) is 0 Å². The van der Waals surface area contributed by atoms with Gasteiger partial charge < -0.3 is 10.2 Å². The van der Waals surface area contributed by atoms with Gasteiger partial charge in [0.2, 0.25) is 0 Å². The van der Waals surface area contributed by atoms with Crippen LogP contribution < -0.4 is 0 Å². The number of halogens is 2. The summed E-state index contributed by atoms with van der Waals surface area (Å²) in [5.41, 5.74) is 0.224. The highest BCUT2D eigenvalue weighted by molar-refractivity contribution is 5.89. The maximum Gasteiger partial charge on any atom is 0.338 e. The summed E-state index contributed by atoms with van der Waals surface area (Å²) in [5, 5.41) is 17.8. The van der Waals surface area contributed by atoms with Crippen LogP contribution in [0.1, 0.15) is 10.4 Å². The lowest BCUT2D eigenvalue weighted by molar-refractivity contribution is 0.0692. The molecule has 2 aromatic rings. The molecule has 0 heterocycles. The summed E-state index contributed by atoms with van der Waals surface area (Å²) in [6, 6.07) is 7.07. The van der Waals surface area contributed by atoms with E-state index in [4.69, 9.17) is 10.2 Å². The second kappa shape index (κ2) is 4.44. The molecule has 0 aliphatic rings. The van der Waals surface area contributed by atoms with Gasteiger partial charge in [-0.25, -0.2) is 13.6 Å². The number of aromatic hydroxyl groups is 1. The van der Waals surface area contributed by atoms with Crippen LogP contribution in [0.25, 0.3) is 11.1 Å². The largest absolute Gasteiger partial charge is 0.505 e. The summed E-state index contributed by atoms with van der Waals surface area (Å²) in [4.78, 5) is 10.8. The zero-order valence-electron chi connectivity index (χ0n) is 9.02. The number of rotatable bonds is 2. The molecule has 3 nitrogen and oxygen atoms in total. The Morgan fingerprint density at radius 2 is 1.56 bits per heavy atom. The molecule has 0 aromatic heterocycles. The average Bonchev–Trinajstić information content (AvgIpc) is 2.33. The van der Waals surface area contributed by atoms with Crippen LogP contribution in [-0.4, -0.2) is 16.2 Å². The molecule has 0 unspecified atom stereocenters. The molecule has 0 aliphatic carbocycles. The van der Waals surface area contributed by atoms with Gasteiger partial charge in [-0.3, -0.25) is 0 Å². The first-order chi connectivity index (χ1) is 8.49. The molecule has 0 radical (unpaired) electrons. The standard InChI is InChI=1S/C13H8F2O3/c14-10-3-1-7(5-9(10)13(17)18)8-2-4-12(16)11(15)6-8/h1-6,16H,(H,17,18). The predicted octanol–water partition coefficient (Wildman–Crippen LogP) is 3.04. The minimum atomic E-state index is -1.39. The van der Waals surface area contributed by atoms with Crippen LogP contribution in [-0.2, 0) is 0 Å². The van der Waals surface area contributed by atoms with Gasteiger partial charge >= 0.3 is 5.97 Å². The molecule has 2 aromatic carbocycles. The van der Waals surface area contributed by atoms with E-state index in [0.717, 1.165) is 24.3 Å². The van der Waals surface area contributed by atoms with E-state index in [0.29, 0.717) is 11.1 Å². The van der Waals surface area contributed by atoms with Crippen molar-refractivity contribution in [3.63, 3.8) is 0 Å². The van der Waals surface area contributed by atoms with E-state index in [1.54, 1.807) is 0 Å². The van der Waals surface area contributed by atoms with Gasteiger partial charge in [-0.2, -0.15) is 0 Å². The normalized spacial score (nSPS) is 10.3. The maximum atomic E-state index is 13.2. The quantitative estimate of drug-likeness (QED) is 0.861. The number of carboxylic acids is 1. The Balaban J connectivity index is 2.54. The molecular weight excluding hydrogens is 242 g/mol. The lowest BCUT2D eigenvalue weighted by atomic mass is 10.0. The summed E-state index contributed by atoms with van der Waals surface area (Å²) in [7, 11) is 0. The third kappa shape index (κ3) is 2.15. The first-order valence-corrected chi connectivity index (χ1v) is 5.01. The molecule has 0 spiro atoms. The van der Waals surface area contributed by atoms with Gasteiger partial charge in [0.1, 0.15) is 5.82 Å². The van der Waals surface area contributed by atoms with Gasteiger partial charge in [-0.1, -0.05) is 12.1 Å². The van der Waals surface area contributed by atoms with E-state index in [1.165, 1.54) is 12.1 Å². The monoisotopic (exact) mass is 250 g/mol. The van der Waals surface area contributed by atoms with E-state index in [-0.39, 0.29) is 0 Å². The molecule has 2 N–H and O–H groups in total. The predicted molar refractivity (Wildman–Crippen MR) is 60.4 cm³/mol. The number of phenols is 1. The number of phenolic OH excluding ortho intramolecular Hbond substituents is 1. The van der Waals surface area contributed by atoms with E-state index in [9.17, 15) is 13.6 Å². The lowest BCUT2D eigenvalue weighted by Gasteiger charge is -2.05. The van der Waals surface area contributed by atoms with Crippen molar-refractivity contribution in [2.45, 2.75) is 0 Å². The third-order valence-corrected chi connectivity index (χ3v) is 2.48. The molecule has 2 rings (SSSR count). The molecule has 5 heteroatoms. The Labute approximate surface area is 101 Å². The van der Waals surface area contributed by atoms with Crippen LogP contribution >= 0.6 is 0 Å². The van der Waals surface area contributed by atoms with Crippen molar-refractivity contribution in [1.82, 2.24) is 0 Å². The van der Waals surface area contributed by atoms with Crippen molar-refractivity contribution >= 4 is 5.97 Å². The Hall–Kier alpha value is -2.43. The molecule has 0 saturated heterocycles. The van der Waals surface area contributed by atoms with Crippen molar-refractivity contribution < 1.29 is 23.8 Å². The van der Waals surface area contributed by atoms with Crippen LogP contribution in [0.5, 0.6) is 5.75 Å². The summed E-state index contributed by atoms with van der Waals surface area (Å²) < 4.78 is 26.3. The van der Waals surface area contributed by atoms with Gasteiger partial charge in [0.25, 0.3) is 0 Å². The summed E-state index contributed by atoms with van der Waals surface area (Å²) >= 11 is 0. The number of carbonyl (C=O) groups is 1. The van der Waals surface area contributed by atoms with Crippen molar-refractivity contribution in [3.8, 4) is 16.9 Å². The van der Waals surface area contributed by atoms with Gasteiger partial charge in [-0.15, -0.1) is 0 Å². The molecule has 0 fully saturated rings. The highest BCUT2D eigenvalue weighted by atomic mass is 19.1. The van der Waals surface area contributed by atoms with Gasteiger partial charge in [-0.05, 0) is 35.4 Å². The average molecular weight is 250 g/mol. The van der Waals surface area contributed by atoms with E-state index >= 15 is 0 Å². The van der Waals surface area contributed by atoms with Crippen molar-refractivity contribution in [2.24, 2.45) is 0 Å². The fraction of sp³-hybridized carbons (Fsp3) is 0. The molecule has 0 saturated carbocycles. The number of aromatic carboxylic acids is 1. The molecule has 0 aliphatic heterocycles. The highest BCUT2D eigenvalue weighted by Crippen LogP contribution is 2.26. The number of hydrogen-bond donors (Lipinski definition) is 2. The molecule has 18 heavy (non-hydrogen) atoms. The second-order valence-corrected chi connectivity index (χ2v) is 3.67. The summed E-state index contributed by atoms with van der Waals surface area (Å²) in [6.07, 6.45) is 0. The Morgan fingerprint density at radius 1 is 0.944 bits per heavy atom. The van der Waals surface area contributed by atoms with Crippen LogP contribution in [0.3, 0.4) is 0 Å². The van der Waals surface area contributed by atoms with E-state index in [2.05, 4.69) is 0 Å². The third-order valence-electron chi connectivity index (χ3n) is 2.48. The highest BCUT2D eigenvalue weighted by Gasteiger charge is 2.12. The van der Waals surface area contributed by atoms with E-state index in [1.807, 2.05) is 0 Å². The lowest BCUT2D eigenvalue weighted by Crippen LogP contribution is -2.00. The van der Waals surface area contributed by atoms with Crippen LogP contribution in [0, 0.1) is 11.6 Å². The minimum absolute atomic E-state index is 0.354. The molecular formula is C13H8F2O3. The molecule has 0 amide bonds. The van der Waals surface area contributed by atoms with Crippen LogP contribution in [0.4, 0.5) is 8.78 Å². The topological polar surface area (TPSA) is 57.5 Å². The van der Waals surface area contributed by atoms with Crippen molar-refractivity contribution in [3.05, 3.63) is 53.6 Å². The molecule has 92 valence electrons. The Kier molecular flexibility index (Phi) is 2.97. The van der Waals surface area contributed by atoms with Crippen molar-refractivity contribution in [1.29, 1.82) is 0 Å². The maximum absolute atomic E-state index is 13.2. The first kappa shape index (κ1) is 12.0. The zero-order chi connectivity index (χ0) is 13.3. The molecule has 0 atom stereocenters. The summed E-state index contributed by atoms with van der Waals surface area (Å²) in [5.74, 6) is -3.58. The SMILES string of the molecule is O=C(O)c1cc(-c2ccc(O)c(F)c2)ccc1F. The zero-order valence-corrected chi connectivity index (χ0v) is 9.02. The summed E-state index contributed by atoms with van der Waals surface area (Å²) in [6.45, 7) is 0. The van der Waals surface area contributed by atoms with Gasteiger partial charge in [0.15, 0.2) is 11.6 Å². The first-order valence-electron chi connectivity index (χ1n) is 5.01. The van der Waals surface area contributed by atoms with Crippen LogP contribution in [0.15, 0.2) is 36.4 Å². The van der Waals surface area contributed by atoms with E-state index < -0.39 is 28.9 Å². The van der Waals surface area contributed by atoms with Crippen molar-refractivity contribution in [2.75, 3.05) is 0 Å². The minimum Gasteiger partial charge on any atom is -0.505 e. The second-order valence-electron chi connectivity index (χ2n) is 3.67. The van der Waals surface area contributed by atoms with Gasteiger partial charge in [0.05, 0.1) is 5.56 Å². The Morgan fingerprint density at radius 3 is 2.17 bits per heavy atom. The number of benzene rings is 2. The number of hydrogen-bond acceptors (Lipinski definition) is 2. The number of carboxylic acid groups (broad SMARTS) is 1. The van der Waals surface area contributed by atoms with Crippen LogP contribution in [0.2, 0.25) is 0 Å². The fourth-order valence-corrected chi connectivity index (χ4v) is 1.56. The fourth-order valence-electron chi connectivity index (χ4n) is 1.56. The Bertz CT molecular complexity index is 624. The molecule has 0 bridgehead atoms.